The van der Waals surface area contributed by atoms with Crippen molar-refractivity contribution in [3.63, 3.8) is 0 Å². The number of nitrogens with one attached hydrogen (secondary N) is 1. The molecular formula is C21H20N2O6. The first-order valence-corrected chi connectivity index (χ1v) is 9.11. The number of phenolic OH excluding ortho intramolecular Hbond substituents is 1. The summed E-state index contributed by atoms with van der Waals surface area (Å²) in [7, 11) is 1.18. The van der Waals surface area contributed by atoms with Crippen molar-refractivity contribution in [1.82, 2.24) is 4.90 Å². The fourth-order valence-corrected chi connectivity index (χ4v) is 3.06. The molecule has 0 atom stereocenters. The number of anilines is 1. The van der Waals surface area contributed by atoms with Crippen LogP contribution in [0.25, 0.3) is 0 Å². The van der Waals surface area contributed by atoms with Gasteiger partial charge in [0.2, 0.25) is 0 Å². The van der Waals surface area contributed by atoms with Crippen molar-refractivity contribution >= 4 is 29.4 Å². The number of phenols is 1. The van der Waals surface area contributed by atoms with Gasteiger partial charge in [0, 0.05) is 12.1 Å². The predicted octanol–water partition coefficient (Wildman–Crippen LogP) is 2.83. The monoisotopic (exact) mass is 396 g/mol. The van der Waals surface area contributed by atoms with Crippen molar-refractivity contribution in [3.8, 4) is 5.75 Å². The van der Waals surface area contributed by atoms with E-state index in [9.17, 15) is 24.3 Å². The maximum Gasteiger partial charge on any atom is 0.341 e. The Bertz CT molecular complexity index is 1010. The zero-order valence-corrected chi connectivity index (χ0v) is 16.0. The second-order valence-corrected chi connectivity index (χ2v) is 6.52. The van der Waals surface area contributed by atoms with Crippen LogP contribution in [0.3, 0.4) is 0 Å². The number of nitrogens with zero attached hydrogens (tertiary/aromatic N) is 1. The van der Waals surface area contributed by atoms with E-state index in [-0.39, 0.29) is 33.8 Å². The molecule has 0 aliphatic carbocycles. The molecule has 0 radical (unpaired) electrons. The average Bonchev–Trinajstić information content (AvgIpc) is 2.96. The van der Waals surface area contributed by atoms with E-state index in [1.165, 1.54) is 48.4 Å². The fraction of sp³-hybridized carbons (Fsp3) is 0.238. The Kier molecular flexibility index (Phi) is 5.63. The molecule has 0 unspecified atom stereocenters. The minimum absolute atomic E-state index is 0.0189. The Morgan fingerprint density at radius 1 is 1.10 bits per heavy atom. The van der Waals surface area contributed by atoms with Gasteiger partial charge in [0.25, 0.3) is 17.7 Å². The van der Waals surface area contributed by atoms with Gasteiger partial charge in [-0.25, -0.2) is 4.79 Å². The summed E-state index contributed by atoms with van der Waals surface area (Å²) in [5.41, 5.74) is 0.506. The Morgan fingerprint density at radius 2 is 1.83 bits per heavy atom. The lowest BCUT2D eigenvalue weighted by Crippen LogP contribution is -2.30. The number of hydrogen-bond acceptors (Lipinski definition) is 6. The van der Waals surface area contributed by atoms with Crippen LogP contribution in [0.5, 0.6) is 5.75 Å². The second-order valence-electron chi connectivity index (χ2n) is 6.52. The minimum Gasteiger partial charge on any atom is -0.505 e. The molecule has 8 nitrogen and oxygen atoms in total. The molecule has 29 heavy (non-hydrogen) atoms. The van der Waals surface area contributed by atoms with Gasteiger partial charge in [0.1, 0.15) is 5.56 Å². The predicted molar refractivity (Wildman–Crippen MR) is 104 cm³/mol. The number of carbonyl (C=O) groups excluding carboxylic acids is 4. The Labute approximate surface area is 167 Å². The van der Waals surface area contributed by atoms with Crippen LogP contribution < -0.4 is 5.32 Å². The van der Waals surface area contributed by atoms with Gasteiger partial charge in [-0.3, -0.25) is 19.3 Å². The van der Waals surface area contributed by atoms with Crippen molar-refractivity contribution in [3.05, 3.63) is 58.7 Å². The van der Waals surface area contributed by atoms with Gasteiger partial charge in [-0.1, -0.05) is 19.4 Å². The van der Waals surface area contributed by atoms with Crippen molar-refractivity contribution in [2.75, 3.05) is 19.0 Å². The van der Waals surface area contributed by atoms with Crippen LogP contribution in [-0.4, -0.2) is 47.4 Å². The number of unbranched alkanes of at least 4 members (excludes halogenated alkanes) is 1. The van der Waals surface area contributed by atoms with Crippen LogP contribution >= 0.6 is 0 Å². The number of aromatic hydroxyl groups is 1. The van der Waals surface area contributed by atoms with Crippen molar-refractivity contribution in [2.24, 2.45) is 0 Å². The first kappa shape index (κ1) is 20.1. The lowest BCUT2D eigenvalue weighted by atomic mass is 10.0. The second kappa shape index (κ2) is 8.14. The largest absolute Gasteiger partial charge is 0.505 e. The first-order valence-electron chi connectivity index (χ1n) is 9.11. The number of fused-ring (bicyclic) bond motifs is 1. The van der Waals surface area contributed by atoms with Crippen molar-refractivity contribution < 1.29 is 29.0 Å². The molecule has 0 fully saturated rings. The van der Waals surface area contributed by atoms with E-state index < -0.39 is 23.5 Å². The molecule has 2 N–H and O–H groups in total. The summed E-state index contributed by atoms with van der Waals surface area (Å²) in [4.78, 5) is 50.4. The Hall–Kier alpha value is -3.68. The van der Waals surface area contributed by atoms with Gasteiger partial charge < -0.3 is 15.2 Å². The number of hydrogen-bond donors (Lipinski definition) is 2. The van der Waals surface area contributed by atoms with Crippen molar-refractivity contribution in [2.45, 2.75) is 19.8 Å². The van der Waals surface area contributed by atoms with E-state index in [1.807, 2.05) is 6.92 Å². The number of imide groups is 1. The number of rotatable bonds is 6. The summed E-state index contributed by atoms with van der Waals surface area (Å²) in [6.45, 7) is 2.30. The SMILES string of the molecule is CCCCN1C(=O)c2ccc(C(=O)Nc3cccc(C(=O)OC)c3O)cc2C1=O. The van der Waals surface area contributed by atoms with Gasteiger partial charge in [-0.2, -0.15) is 0 Å². The molecule has 0 aromatic heterocycles. The van der Waals surface area contributed by atoms with E-state index in [2.05, 4.69) is 10.1 Å². The summed E-state index contributed by atoms with van der Waals surface area (Å²) in [5.74, 6) is -2.56. The third kappa shape index (κ3) is 3.69. The number of methoxy groups -OCH3 is 1. The summed E-state index contributed by atoms with van der Waals surface area (Å²) < 4.78 is 4.59. The normalized spacial score (nSPS) is 12.7. The van der Waals surface area contributed by atoms with Crippen LogP contribution in [0.15, 0.2) is 36.4 Å². The minimum atomic E-state index is -0.743. The third-order valence-corrected chi connectivity index (χ3v) is 4.66. The lowest BCUT2D eigenvalue weighted by molar-refractivity contribution is 0.0595. The first-order chi connectivity index (χ1) is 13.9. The maximum atomic E-state index is 12.6. The van der Waals surface area contributed by atoms with E-state index in [0.29, 0.717) is 13.0 Å². The van der Waals surface area contributed by atoms with Gasteiger partial charge in [-0.15, -0.1) is 0 Å². The van der Waals surface area contributed by atoms with Crippen LogP contribution in [0, 0.1) is 0 Å². The number of amides is 3. The summed E-state index contributed by atoms with van der Waals surface area (Å²) >= 11 is 0. The molecule has 1 aliphatic rings. The lowest BCUT2D eigenvalue weighted by Gasteiger charge is -2.12. The van der Waals surface area contributed by atoms with Gasteiger partial charge in [-0.05, 0) is 36.8 Å². The summed E-state index contributed by atoms with van der Waals surface area (Å²) in [6, 6.07) is 8.51. The topological polar surface area (TPSA) is 113 Å². The smallest absolute Gasteiger partial charge is 0.341 e. The quantitative estimate of drug-likeness (QED) is 0.441. The molecule has 2 aromatic carbocycles. The van der Waals surface area contributed by atoms with Gasteiger partial charge >= 0.3 is 5.97 Å². The van der Waals surface area contributed by atoms with Gasteiger partial charge in [0.15, 0.2) is 5.75 Å². The van der Waals surface area contributed by atoms with E-state index in [0.717, 1.165) is 6.42 Å². The van der Waals surface area contributed by atoms with Crippen LogP contribution in [0.1, 0.15) is 61.2 Å². The molecule has 1 heterocycles. The molecule has 1 aliphatic heterocycles. The fourth-order valence-electron chi connectivity index (χ4n) is 3.06. The summed E-state index contributed by atoms with van der Waals surface area (Å²) in [5, 5.41) is 12.7. The zero-order chi connectivity index (χ0) is 21.1. The molecular weight excluding hydrogens is 376 g/mol. The van der Waals surface area contributed by atoms with Crippen LogP contribution in [0.4, 0.5) is 5.69 Å². The van der Waals surface area contributed by atoms with Gasteiger partial charge in [0.05, 0.1) is 23.9 Å². The molecule has 2 aromatic rings. The van der Waals surface area contributed by atoms with Crippen molar-refractivity contribution in [1.29, 1.82) is 0 Å². The number of ether oxygens (including phenoxy) is 1. The Morgan fingerprint density at radius 3 is 2.52 bits per heavy atom. The molecule has 0 saturated heterocycles. The molecule has 0 bridgehead atoms. The Balaban J connectivity index is 1.85. The molecule has 3 amide bonds. The molecule has 0 spiro atoms. The number of esters is 1. The molecule has 0 saturated carbocycles. The molecule has 8 heteroatoms. The summed E-state index contributed by atoms with van der Waals surface area (Å²) in [6.07, 6.45) is 1.55. The highest BCUT2D eigenvalue weighted by atomic mass is 16.5. The number of carbonyl (C=O) groups is 4. The molecule has 150 valence electrons. The highest BCUT2D eigenvalue weighted by Crippen LogP contribution is 2.29. The van der Waals surface area contributed by atoms with E-state index >= 15 is 0 Å². The highest BCUT2D eigenvalue weighted by Gasteiger charge is 2.35. The number of para-hydroxylation sites is 1. The average molecular weight is 396 g/mol. The third-order valence-electron chi connectivity index (χ3n) is 4.66. The molecule has 3 rings (SSSR count). The zero-order valence-electron chi connectivity index (χ0n) is 16.0. The van der Waals surface area contributed by atoms with Crippen LogP contribution in [0.2, 0.25) is 0 Å². The highest BCUT2D eigenvalue weighted by molar-refractivity contribution is 6.22. The number of benzene rings is 2. The standard InChI is InChI=1S/C21H20N2O6/c1-3-4-10-23-19(26)13-9-8-12(11-15(13)20(23)27)18(25)22-16-7-5-6-14(17(16)24)21(28)29-2/h5-9,11,24H,3-4,10H2,1-2H3,(H,22,25). The van der Waals surface area contributed by atoms with E-state index in [1.54, 1.807) is 0 Å². The van der Waals surface area contributed by atoms with E-state index in [4.69, 9.17) is 0 Å². The van der Waals surface area contributed by atoms with Crippen LogP contribution in [-0.2, 0) is 4.74 Å². The maximum absolute atomic E-state index is 12.6.